The van der Waals surface area contributed by atoms with Crippen LogP contribution in [0.3, 0.4) is 0 Å². The number of aliphatic imine (C=N–C) groups is 1. The molecule has 0 radical (unpaired) electrons. The van der Waals surface area contributed by atoms with Crippen LogP contribution in [0.25, 0.3) is 11.3 Å². The number of benzene rings is 2. The van der Waals surface area contributed by atoms with E-state index in [0.717, 1.165) is 43.2 Å². The van der Waals surface area contributed by atoms with Crippen LogP contribution in [0, 0.1) is 12.7 Å². The molecule has 1 aromatic heterocycles. The maximum atomic E-state index is 13.1. The smallest absolute Gasteiger partial charge is 0.216 e. The number of aromatic nitrogens is 1. The zero-order valence-electron chi connectivity index (χ0n) is 16.4. The number of anilines is 1. The van der Waals surface area contributed by atoms with Gasteiger partial charge in [0.1, 0.15) is 12.4 Å². The maximum Gasteiger partial charge on any atom is 0.216 e. The van der Waals surface area contributed by atoms with Gasteiger partial charge in [-0.05, 0) is 31.2 Å². The van der Waals surface area contributed by atoms with E-state index in [1.54, 1.807) is 18.3 Å². The Kier molecular flexibility index (Phi) is 5.46. The molecule has 0 atom stereocenters. The van der Waals surface area contributed by atoms with Crippen molar-refractivity contribution in [3.8, 4) is 11.3 Å². The molecule has 1 saturated heterocycles. The van der Waals surface area contributed by atoms with Crippen molar-refractivity contribution in [3.63, 3.8) is 0 Å². The van der Waals surface area contributed by atoms with Gasteiger partial charge >= 0.3 is 0 Å². The number of rotatable bonds is 4. The van der Waals surface area contributed by atoms with Crippen LogP contribution >= 0.6 is 0 Å². The third kappa shape index (κ3) is 4.56. The molecule has 29 heavy (non-hydrogen) atoms. The summed E-state index contributed by atoms with van der Waals surface area (Å²) in [6.45, 7) is 5.47. The van der Waals surface area contributed by atoms with E-state index in [1.807, 2.05) is 36.1 Å². The molecule has 0 unspecified atom stereocenters. The lowest BCUT2D eigenvalue weighted by Crippen LogP contribution is -2.51. The molecule has 3 aromatic rings. The standard InChI is InChI=1S/C22H24FN5O/c1-16-2-4-17(5-3-16)20-14-25-21(29-20)15-26-22(24)28-12-10-27(11-13-28)19-8-6-18(23)7-9-19/h2-9,14H,10-13,15H2,1H3,(H2,24,26). The van der Waals surface area contributed by atoms with Crippen LogP contribution < -0.4 is 10.6 Å². The Morgan fingerprint density at radius 3 is 2.45 bits per heavy atom. The topological polar surface area (TPSA) is 70.9 Å². The number of oxazole rings is 1. The van der Waals surface area contributed by atoms with Crippen LogP contribution in [0.1, 0.15) is 11.5 Å². The Hall–Kier alpha value is -3.35. The van der Waals surface area contributed by atoms with Gasteiger partial charge < -0.3 is 20.0 Å². The van der Waals surface area contributed by atoms with Crippen molar-refractivity contribution < 1.29 is 8.81 Å². The average Bonchev–Trinajstić information content (AvgIpc) is 3.22. The van der Waals surface area contributed by atoms with Crippen molar-refractivity contribution in [2.75, 3.05) is 31.1 Å². The molecule has 1 aliphatic rings. The second-order valence-corrected chi connectivity index (χ2v) is 7.11. The van der Waals surface area contributed by atoms with E-state index < -0.39 is 0 Å². The van der Waals surface area contributed by atoms with Gasteiger partial charge in [-0.15, -0.1) is 0 Å². The minimum atomic E-state index is -0.221. The highest BCUT2D eigenvalue weighted by molar-refractivity contribution is 5.78. The first-order valence-electron chi connectivity index (χ1n) is 9.65. The molecule has 1 aliphatic heterocycles. The van der Waals surface area contributed by atoms with Crippen molar-refractivity contribution in [1.29, 1.82) is 0 Å². The van der Waals surface area contributed by atoms with E-state index in [9.17, 15) is 4.39 Å². The van der Waals surface area contributed by atoms with E-state index in [1.165, 1.54) is 17.7 Å². The van der Waals surface area contributed by atoms with Crippen LogP contribution in [0.15, 0.2) is 64.1 Å². The molecular weight excluding hydrogens is 369 g/mol. The van der Waals surface area contributed by atoms with Crippen molar-refractivity contribution in [1.82, 2.24) is 9.88 Å². The first-order chi connectivity index (χ1) is 14.1. The third-order valence-corrected chi connectivity index (χ3v) is 5.06. The predicted octanol–water partition coefficient (Wildman–Crippen LogP) is 3.43. The normalized spacial score (nSPS) is 15.0. The highest BCUT2D eigenvalue weighted by atomic mass is 19.1. The van der Waals surface area contributed by atoms with Gasteiger partial charge in [-0.1, -0.05) is 29.8 Å². The fourth-order valence-electron chi connectivity index (χ4n) is 3.33. The third-order valence-electron chi connectivity index (χ3n) is 5.06. The summed E-state index contributed by atoms with van der Waals surface area (Å²) in [5.74, 6) is 1.52. The molecule has 0 saturated carbocycles. The van der Waals surface area contributed by atoms with Gasteiger partial charge in [0.05, 0.1) is 6.20 Å². The molecule has 1 fully saturated rings. The summed E-state index contributed by atoms with van der Waals surface area (Å²) in [7, 11) is 0. The minimum Gasteiger partial charge on any atom is -0.439 e. The Labute approximate surface area is 169 Å². The zero-order valence-corrected chi connectivity index (χ0v) is 16.4. The first kappa shape index (κ1) is 19.0. The van der Waals surface area contributed by atoms with E-state index in [0.29, 0.717) is 18.4 Å². The molecule has 0 bridgehead atoms. The van der Waals surface area contributed by atoms with Crippen molar-refractivity contribution in [2.45, 2.75) is 13.5 Å². The number of halogens is 1. The van der Waals surface area contributed by atoms with Crippen LogP contribution in [0.5, 0.6) is 0 Å². The molecule has 6 nitrogen and oxygen atoms in total. The lowest BCUT2D eigenvalue weighted by molar-refractivity contribution is 0.379. The molecule has 150 valence electrons. The average molecular weight is 393 g/mol. The SMILES string of the molecule is Cc1ccc(-c2cnc(CN=C(N)N3CCN(c4ccc(F)cc4)CC3)o2)cc1. The number of hydrogen-bond acceptors (Lipinski definition) is 4. The van der Waals surface area contributed by atoms with Crippen molar-refractivity contribution in [2.24, 2.45) is 10.7 Å². The van der Waals surface area contributed by atoms with Gasteiger partial charge in [0.15, 0.2) is 11.7 Å². The second-order valence-electron chi connectivity index (χ2n) is 7.11. The lowest BCUT2D eigenvalue weighted by atomic mass is 10.1. The monoisotopic (exact) mass is 393 g/mol. The van der Waals surface area contributed by atoms with E-state index in [4.69, 9.17) is 10.2 Å². The largest absolute Gasteiger partial charge is 0.439 e. The Balaban J connectivity index is 1.33. The summed E-state index contributed by atoms with van der Waals surface area (Å²) in [6, 6.07) is 14.7. The molecule has 2 heterocycles. The fourth-order valence-corrected chi connectivity index (χ4v) is 3.33. The molecule has 2 N–H and O–H groups in total. The summed E-state index contributed by atoms with van der Waals surface area (Å²) in [4.78, 5) is 13.0. The molecule has 0 amide bonds. The number of hydrogen-bond donors (Lipinski definition) is 1. The first-order valence-corrected chi connectivity index (χ1v) is 9.65. The maximum absolute atomic E-state index is 13.1. The van der Waals surface area contributed by atoms with Crippen LogP contribution in [-0.2, 0) is 6.54 Å². The summed E-state index contributed by atoms with van der Waals surface area (Å²) in [6.07, 6.45) is 1.72. The molecule has 7 heteroatoms. The molecular formula is C22H24FN5O. The number of guanidine groups is 1. The van der Waals surface area contributed by atoms with Gasteiger partial charge in [-0.2, -0.15) is 0 Å². The van der Waals surface area contributed by atoms with Crippen LogP contribution in [0.2, 0.25) is 0 Å². The summed E-state index contributed by atoms with van der Waals surface area (Å²) < 4.78 is 18.9. The Morgan fingerprint density at radius 1 is 1.07 bits per heavy atom. The highest BCUT2D eigenvalue weighted by Gasteiger charge is 2.18. The molecule has 0 spiro atoms. The van der Waals surface area contributed by atoms with E-state index >= 15 is 0 Å². The van der Waals surface area contributed by atoms with E-state index in [2.05, 4.69) is 14.9 Å². The zero-order chi connectivity index (χ0) is 20.2. The summed E-state index contributed by atoms with van der Waals surface area (Å²) in [5, 5.41) is 0. The Morgan fingerprint density at radius 2 is 1.76 bits per heavy atom. The summed E-state index contributed by atoms with van der Waals surface area (Å²) in [5.41, 5.74) is 9.38. The molecule has 2 aromatic carbocycles. The van der Waals surface area contributed by atoms with Gasteiger partial charge in [-0.25, -0.2) is 14.4 Å². The quantitative estimate of drug-likeness (QED) is 0.543. The van der Waals surface area contributed by atoms with Crippen molar-refractivity contribution >= 4 is 11.6 Å². The predicted molar refractivity (Wildman–Crippen MR) is 112 cm³/mol. The number of nitrogens with zero attached hydrogens (tertiary/aromatic N) is 4. The van der Waals surface area contributed by atoms with Crippen LogP contribution in [0.4, 0.5) is 10.1 Å². The van der Waals surface area contributed by atoms with Gasteiger partial charge in [0, 0.05) is 37.4 Å². The van der Waals surface area contributed by atoms with E-state index in [-0.39, 0.29) is 5.82 Å². The molecule has 0 aliphatic carbocycles. The highest BCUT2D eigenvalue weighted by Crippen LogP contribution is 2.21. The summed E-state index contributed by atoms with van der Waals surface area (Å²) >= 11 is 0. The van der Waals surface area contributed by atoms with Crippen LogP contribution in [-0.4, -0.2) is 42.0 Å². The fraction of sp³-hybridized carbons (Fsp3) is 0.273. The van der Waals surface area contributed by atoms with Gasteiger partial charge in [-0.3, -0.25) is 0 Å². The number of aryl methyl sites for hydroxylation is 1. The van der Waals surface area contributed by atoms with Gasteiger partial charge in [0.2, 0.25) is 5.89 Å². The van der Waals surface area contributed by atoms with Crippen molar-refractivity contribution in [3.05, 3.63) is 72.0 Å². The minimum absolute atomic E-state index is 0.221. The lowest BCUT2D eigenvalue weighted by Gasteiger charge is -2.36. The Bertz CT molecular complexity index is 973. The second kappa shape index (κ2) is 8.34. The number of piperazine rings is 1. The van der Waals surface area contributed by atoms with Gasteiger partial charge in [0.25, 0.3) is 0 Å². The number of nitrogens with two attached hydrogens (primary N) is 1. The molecule has 4 rings (SSSR count).